The highest BCUT2D eigenvalue weighted by molar-refractivity contribution is 6.31. The van der Waals surface area contributed by atoms with E-state index in [2.05, 4.69) is 51.0 Å². The summed E-state index contributed by atoms with van der Waals surface area (Å²) in [5, 5.41) is 13.6. The van der Waals surface area contributed by atoms with Gasteiger partial charge < -0.3 is 16.0 Å². The van der Waals surface area contributed by atoms with Crippen LogP contribution in [0.1, 0.15) is 18.4 Å². The molecule has 3 N–H and O–H groups in total. The van der Waals surface area contributed by atoms with E-state index in [9.17, 15) is 0 Å². The van der Waals surface area contributed by atoms with Gasteiger partial charge in [-0.2, -0.15) is 0 Å². The molecule has 0 bridgehead atoms. The maximum atomic E-state index is 6.06. The minimum atomic E-state index is 0.711. The van der Waals surface area contributed by atoms with Crippen LogP contribution >= 0.6 is 11.6 Å². The predicted molar refractivity (Wildman–Crippen MR) is 132 cm³/mol. The van der Waals surface area contributed by atoms with Gasteiger partial charge in [0.15, 0.2) is 0 Å². The number of pyridine rings is 2. The number of rotatable bonds is 10. The van der Waals surface area contributed by atoms with Gasteiger partial charge in [0.05, 0.1) is 11.0 Å². The maximum absolute atomic E-state index is 6.06. The van der Waals surface area contributed by atoms with Crippen LogP contribution in [0.5, 0.6) is 0 Å². The average Bonchev–Trinajstić information content (AvgIpc) is 2.77. The standard InChI is InChI=1S/C25H28ClN5/c1-18-4-6-20-22(8-14-30-24(20)16-18)28-12-2-10-27-11-3-13-29-23-9-15-31-25-17-19(26)5-7-21(23)25/h4-9,14-17,27H,2-3,10-13H2,1H3,(H,28,30)(H,29,31). The smallest absolute Gasteiger partial charge is 0.0737 e. The molecule has 0 aliphatic heterocycles. The molecule has 31 heavy (non-hydrogen) atoms. The van der Waals surface area contributed by atoms with Gasteiger partial charge in [0.25, 0.3) is 0 Å². The van der Waals surface area contributed by atoms with Gasteiger partial charge in [-0.15, -0.1) is 0 Å². The van der Waals surface area contributed by atoms with Crippen molar-refractivity contribution in [3.8, 4) is 0 Å². The highest BCUT2D eigenvalue weighted by Crippen LogP contribution is 2.24. The molecule has 5 nitrogen and oxygen atoms in total. The second kappa shape index (κ2) is 10.4. The zero-order chi connectivity index (χ0) is 21.5. The van der Waals surface area contributed by atoms with E-state index in [1.165, 1.54) is 10.9 Å². The van der Waals surface area contributed by atoms with Crippen molar-refractivity contribution in [1.29, 1.82) is 0 Å². The molecular weight excluding hydrogens is 406 g/mol. The zero-order valence-corrected chi connectivity index (χ0v) is 18.5. The molecule has 0 aliphatic rings. The number of aromatic nitrogens is 2. The van der Waals surface area contributed by atoms with Crippen molar-refractivity contribution in [3.05, 3.63) is 71.5 Å². The van der Waals surface area contributed by atoms with E-state index >= 15 is 0 Å². The number of hydrogen-bond acceptors (Lipinski definition) is 5. The number of aryl methyl sites for hydroxylation is 1. The summed E-state index contributed by atoms with van der Waals surface area (Å²) in [5.74, 6) is 0. The highest BCUT2D eigenvalue weighted by Gasteiger charge is 2.03. The van der Waals surface area contributed by atoms with Crippen LogP contribution in [0.25, 0.3) is 21.8 Å². The predicted octanol–water partition coefficient (Wildman–Crippen LogP) is 5.64. The Morgan fingerprint density at radius 2 is 1.29 bits per heavy atom. The first-order chi connectivity index (χ1) is 15.2. The molecule has 0 unspecified atom stereocenters. The average molecular weight is 434 g/mol. The van der Waals surface area contributed by atoms with Crippen molar-refractivity contribution in [2.75, 3.05) is 36.8 Å². The Balaban J connectivity index is 1.14. The van der Waals surface area contributed by atoms with Crippen molar-refractivity contribution in [3.63, 3.8) is 0 Å². The van der Waals surface area contributed by atoms with E-state index in [-0.39, 0.29) is 0 Å². The molecular formula is C25H28ClN5. The van der Waals surface area contributed by atoms with Gasteiger partial charge in [-0.3, -0.25) is 9.97 Å². The molecule has 0 saturated heterocycles. The van der Waals surface area contributed by atoms with Crippen LogP contribution in [-0.2, 0) is 0 Å². The fraction of sp³-hybridized carbons (Fsp3) is 0.280. The quantitative estimate of drug-likeness (QED) is 0.282. The van der Waals surface area contributed by atoms with Gasteiger partial charge in [0.1, 0.15) is 0 Å². The van der Waals surface area contributed by atoms with Crippen molar-refractivity contribution >= 4 is 44.8 Å². The summed E-state index contributed by atoms with van der Waals surface area (Å²) in [6.45, 7) is 5.92. The van der Waals surface area contributed by atoms with Crippen LogP contribution in [0, 0.1) is 6.92 Å². The monoisotopic (exact) mass is 433 g/mol. The van der Waals surface area contributed by atoms with E-state index in [4.69, 9.17) is 11.6 Å². The summed E-state index contributed by atoms with van der Waals surface area (Å²) in [7, 11) is 0. The molecule has 0 atom stereocenters. The topological polar surface area (TPSA) is 61.9 Å². The van der Waals surface area contributed by atoms with Gasteiger partial charge >= 0.3 is 0 Å². The molecule has 2 heterocycles. The normalized spacial score (nSPS) is 11.2. The summed E-state index contributed by atoms with van der Waals surface area (Å²) in [6.07, 6.45) is 5.81. The van der Waals surface area contributed by atoms with Crippen LogP contribution in [0.4, 0.5) is 11.4 Å². The molecule has 160 valence electrons. The number of halogens is 1. The summed E-state index contributed by atoms with van der Waals surface area (Å²) >= 11 is 6.06. The lowest BCUT2D eigenvalue weighted by molar-refractivity contribution is 0.643. The second-order valence-corrected chi connectivity index (χ2v) is 8.15. The van der Waals surface area contributed by atoms with Crippen molar-refractivity contribution in [1.82, 2.24) is 15.3 Å². The van der Waals surface area contributed by atoms with Crippen LogP contribution in [-0.4, -0.2) is 36.1 Å². The molecule has 2 aromatic heterocycles. The van der Waals surface area contributed by atoms with E-state index in [0.29, 0.717) is 5.02 Å². The van der Waals surface area contributed by atoms with E-state index in [1.54, 1.807) is 0 Å². The van der Waals surface area contributed by atoms with E-state index < -0.39 is 0 Å². The van der Waals surface area contributed by atoms with Gasteiger partial charge in [-0.1, -0.05) is 23.7 Å². The fourth-order valence-corrected chi connectivity index (χ4v) is 3.85. The molecule has 0 fully saturated rings. The van der Waals surface area contributed by atoms with Crippen LogP contribution in [0.2, 0.25) is 5.02 Å². The maximum Gasteiger partial charge on any atom is 0.0737 e. The molecule has 2 aromatic carbocycles. The van der Waals surface area contributed by atoms with Gasteiger partial charge in [0.2, 0.25) is 0 Å². The lowest BCUT2D eigenvalue weighted by Gasteiger charge is -2.11. The minimum Gasteiger partial charge on any atom is -0.384 e. The molecule has 4 rings (SSSR count). The molecule has 0 radical (unpaired) electrons. The number of fused-ring (bicyclic) bond motifs is 2. The number of hydrogen-bond donors (Lipinski definition) is 3. The largest absolute Gasteiger partial charge is 0.384 e. The minimum absolute atomic E-state index is 0.711. The molecule has 0 spiro atoms. The van der Waals surface area contributed by atoms with Gasteiger partial charge in [-0.05, 0) is 74.8 Å². The number of nitrogens with zero attached hydrogens (tertiary/aromatic N) is 2. The molecule has 0 aliphatic carbocycles. The Morgan fingerprint density at radius 3 is 1.94 bits per heavy atom. The molecule has 6 heteroatoms. The number of anilines is 2. The van der Waals surface area contributed by atoms with Crippen molar-refractivity contribution in [2.24, 2.45) is 0 Å². The Hall–Kier alpha value is -2.89. The SMILES string of the molecule is Cc1ccc2c(NCCCNCCCNc3ccnc4cc(Cl)ccc34)ccnc2c1. The second-order valence-electron chi connectivity index (χ2n) is 7.71. The summed E-state index contributed by atoms with van der Waals surface area (Å²) in [6, 6.07) is 16.3. The van der Waals surface area contributed by atoms with Crippen LogP contribution < -0.4 is 16.0 Å². The lowest BCUT2D eigenvalue weighted by atomic mass is 10.1. The summed E-state index contributed by atoms with van der Waals surface area (Å²) in [4.78, 5) is 8.85. The third kappa shape index (κ3) is 5.63. The third-order valence-corrected chi connectivity index (χ3v) is 5.53. The van der Waals surface area contributed by atoms with Crippen molar-refractivity contribution in [2.45, 2.75) is 19.8 Å². The van der Waals surface area contributed by atoms with E-state index in [1.807, 2.05) is 42.7 Å². The first kappa shape index (κ1) is 21.3. The van der Waals surface area contributed by atoms with Crippen LogP contribution in [0.15, 0.2) is 60.9 Å². The number of nitrogens with one attached hydrogen (secondary N) is 3. The number of benzene rings is 2. The van der Waals surface area contributed by atoms with Gasteiger partial charge in [-0.25, -0.2) is 0 Å². The van der Waals surface area contributed by atoms with E-state index in [0.717, 1.165) is 66.8 Å². The molecule has 0 amide bonds. The molecule has 4 aromatic rings. The Bertz CT molecular complexity index is 1070. The Morgan fingerprint density at radius 1 is 0.710 bits per heavy atom. The fourth-order valence-electron chi connectivity index (χ4n) is 3.69. The third-order valence-electron chi connectivity index (χ3n) is 5.29. The highest BCUT2D eigenvalue weighted by atomic mass is 35.5. The molecule has 0 saturated carbocycles. The summed E-state index contributed by atoms with van der Waals surface area (Å²) < 4.78 is 0. The first-order valence-corrected chi connectivity index (χ1v) is 11.2. The lowest BCUT2D eigenvalue weighted by Crippen LogP contribution is -2.21. The summed E-state index contributed by atoms with van der Waals surface area (Å²) in [5.41, 5.74) is 5.45. The van der Waals surface area contributed by atoms with Crippen LogP contribution in [0.3, 0.4) is 0 Å². The first-order valence-electron chi connectivity index (χ1n) is 10.8. The van der Waals surface area contributed by atoms with Gasteiger partial charge in [0, 0.05) is 52.7 Å². The van der Waals surface area contributed by atoms with Crippen molar-refractivity contribution < 1.29 is 0 Å². The Labute approximate surface area is 188 Å². The Kier molecular flexibility index (Phi) is 7.18. The zero-order valence-electron chi connectivity index (χ0n) is 17.8.